The minimum Gasteiger partial charge on any atom is -0.353 e. The average Bonchev–Trinajstić information content (AvgIpc) is 1.83. The zero-order chi connectivity index (χ0) is 9.78. The Labute approximate surface area is 83.2 Å². The third-order valence-electron chi connectivity index (χ3n) is 1.82. The minimum absolute atomic E-state index is 0.0517. The van der Waals surface area contributed by atoms with E-state index in [1.165, 1.54) is 0 Å². The maximum atomic E-state index is 10.8. The van der Waals surface area contributed by atoms with Crippen molar-refractivity contribution in [1.82, 2.24) is 5.32 Å². The Hall–Kier alpha value is -0.0500. The van der Waals surface area contributed by atoms with Crippen LogP contribution in [0.15, 0.2) is 0 Å². The summed E-state index contributed by atoms with van der Waals surface area (Å²) in [6.07, 6.45) is 0.975. The maximum absolute atomic E-state index is 10.8. The number of amides is 1. The van der Waals surface area contributed by atoms with Crippen molar-refractivity contribution in [1.29, 1.82) is 0 Å². The monoisotopic (exact) mass is 235 g/mol. The summed E-state index contributed by atoms with van der Waals surface area (Å²) in [5.41, 5.74) is 0.138. The molecular formula is C9H18BrNO. The molecule has 1 N–H and O–H groups in total. The van der Waals surface area contributed by atoms with Crippen molar-refractivity contribution in [3.05, 3.63) is 0 Å². The second-order valence-corrected chi connectivity index (χ2v) is 4.89. The standard InChI is InChI=1S/C9H18BrNO/c1-7(12)11-8(5-6-10)9(2,3)4/h8H,5-6H2,1-4H3,(H,11,12). The van der Waals surface area contributed by atoms with Gasteiger partial charge in [-0.25, -0.2) is 0 Å². The Morgan fingerprint density at radius 1 is 1.50 bits per heavy atom. The third-order valence-corrected chi connectivity index (χ3v) is 2.28. The summed E-state index contributed by atoms with van der Waals surface area (Å²) in [4.78, 5) is 10.8. The molecule has 0 aromatic rings. The largest absolute Gasteiger partial charge is 0.353 e. The van der Waals surface area contributed by atoms with Gasteiger partial charge in [0.1, 0.15) is 0 Å². The molecule has 0 aromatic heterocycles. The molecule has 0 aliphatic rings. The van der Waals surface area contributed by atoms with Crippen LogP contribution in [0.1, 0.15) is 34.1 Å². The third kappa shape index (κ3) is 4.75. The second-order valence-electron chi connectivity index (χ2n) is 4.10. The van der Waals surface area contributed by atoms with Gasteiger partial charge >= 0.3 is 0 Å². The molecule has 0 rings (SSSR count). The molecule has 0 saturated carbocycles. The maximum Gasteiger partial charge on any atom is 0.217 e. The van der Waals surface area contributed by atoms with Crippen molar-refractivity contribution in [2.45, 2.75) is 40.2 Å². The van der Waals surface area contributed by atoms with E-state index >= 15 is 0 Å². The second kappa shape index (κ2) is 4.85. The number of alkyl halides is 1. The first-order chi connectivity index (χ1) is 5.38. The fourth-order valence-electron chi connectivity index (χ4n) is 1.08. The fourth-order valence-corrected chi connectivity index (χ4v) is 1.53. The van der Waals surface area contributed by atoms with Crippen LogP contribution in [0, 0.1) is 5.41 Å². The lowest BCUT2D eigenvalue weighted by molar-refractivity contribution is -0.120. The molecule has 0 aliphatic heterocycles. The molecule has 3 heteroatoms. The zero-order valence-corrected chi connectivity index (χ0v) is 9.86. The lowest BCUT2D eigenvalue weighted by atomic mass is 9.85. The Kier molecular flexibility index (Phi) is 4.83. The Morgan fingerprint density at radius 2 is 2.00 bits per heavy atom. The Balaban J connectivity index is 4.13. The molecule has 0 spiro atoms. The summed E-state index contributed by atoms with van der Waals surface area (Å²) in [6, 6.07) is 0.259. The van der Waals surface area contributed by atoms with Gasteiger partial charge in [-0.15, -0.1) is 0 Å². The summed E-state index contributed by atoms with van der Waals surface area (Å²) in [6.45, 7) is 7.97. The Bertz CT molecular complexity index is 151. The topological polar surface area (TPSA) is 29.1 Å². The number of hydrogen-bond donors (Lipinski definition) is 1. The molecular weight excluding hydrogens is 218 g/mol. The number of halogens is 1. The predicted molar refractivity (Wildman–Crippen MR) is 55.5 cm³/mol. The van der Waals surface area contributed by atoms with Gasteiger partial charge in [-0.3, -0.25) is 4.79 Å². The smallest absolute Gasteiger partial charge is 0.217 e. The van der Waals surface area contributed by atoms with E-state index in [2.05, 4.69) is 42.0 Å². The molecule has 0 heterocycles. The van der Waals surface area contributed by atoms with E-state index in [4.69, 9.17) is 0 Å². The first-order valence-corrected chi connectivity index (χ1v) is 5.33. The van der Waals surface area contributed by atoms with E-state index in [9.17, 15) is 4.79 Å². The zero-order valence-electron chi connectivity index (χ0n) is 8.28. The van der Waals surface area contributed by atoms with Gasteiger partial charge in [0.25, 0.3) is 0 Å². The van der Waals surface area contributed by atoms with E-state index in [1.54, 1.807) is 6.92 Å². The average molecular weight is 236 g/mol. The molecule has 0 fully saturated rings. The first-order valence-electron chi connectivity index (χ1n) is 4.21. The van der Waals surface area contributed by atoms with E-state index in [0.717, 1.165) is 11.8 Å². The number of hydrogen-bond acceptors (Lipinski definition) is 1. The molecule has 1 atom stereocenters. The van der Waals surface area contributed by atoms with Crippen molar-refractivity contribution in [3.8, 4) is 0 Å². The van der Waals surface area contributed by atoms with Gasteiger partial charge < -0.3 is 5.32 Å². The van der Waals surface area contributed by atoms with Crippen LogP contribution in [0.25, 0.3) is 0 Å². The highest BCUT2D eigenvalue weighted by Gasteiger charge is 2.24. The van der Waals surface area contributed by atoms with Crippen molar-refractivity contribution in [3.63, 3.8) is 0 Å². The van der Waals surface area contributed by atoms with Gasteiger partial charge in [-0.1, -0.05) is 36.7 Å². The highest BCUT2D eigenvalue weighted by atomic mass is 79.9. The molecule has 2 nitrogen and oxygen atoms in total. The number of nitrogens with one attached hydrogen (secondary N) is 1. The fraction of sp³-hybridized carbons (Fsp3) is 0.889. The van der Waals surface area contributed by atoms with Crippen LogP contribution >= 0.6 is 15.9 Å². The molecule has 72 valence electrons. The van der Waals surface area contributed by atoms with Crippen LogP contribution in [0.2, 0.25) is 0 Å². The number of rotatable bonds is 3. The predicted octanol–water partition coefficient (Wildman–Crippen LogP) is 2.32. The van der Waals surface area contributed by atoms with Crippen LogP contribution in [-0.2, 0) is 4.79 Å². The first kappa shape index (κ1) is 11.9. The SMILES string of the molecule is CC(=O)NC(CCBr)C(C)(C)C. The van der Waals surface area contributed by atoms with Gasteiger partial charge in [0.15, 0.2) is 0 Å². The van der Waals surface area contributed by atoms with E-state index in [1.807, 2.05) is 0 Å². The van der Waals surface area contributed by atoms with E-state index in [0.29, 0.717) is 0 Å². The summed E-state index contributed by atoms with van der Waals surface area (Å²) < 4.78 is 0. The molecule has 12 heavy (non-hydrogen) atoms. The van der Waals surface area contributed by atoms with Gasteiger partial charge in [-0.2, -0.15) is 0 Å². The van der Waals surface area contributed by atoms with Crippen LogP contribution in [0.5, 0.6) is 0 Å². The van der Waals surface area contributed by atoms with Gasteiger partial charge in [0.2, 0.25) is 5.91 Å². The van der Waals surface area contributed by atoms with Crippen molar-refractivity contribution < 1.29 is 4.79 Å². The number of carbonyl (C=O) groups is 1. The highest BCUT2D eigenvalue weighted by molar-refractivity contribution is 9.09. The van der Waals surface area contributed by atoms with Crippen LogP contribution < -0.4 is 5.32 Å². The molecule has 0 aliphatic carbocycles. The molecule has 0 radical (unpaired) electrons. The lowest BCUT2D eigenvalue weighted by Gasteiger charge is -2.30. The molecule has 1 unspecified atom stereocenters. The van der Waals surface area contributed by atoms with Crippen LogP contribution in [0.3, 0.4) is 0 Å². The molecule has 0 bridgehead atoms. The molecule has 0 saturated heterocycles. The quantitative estimate of drug-likeness (QED) is 0.748. The van der Waals surface area contributed by atoms with Gasteiger partial charge in [0.05, 0.1) is 0 Å². The Morgan fingerprint density at radius 3 is 2.25 bits per heavy atom. The minimum atomic E-state index is 0.0517. The summed E-state index contributed by atoms with van der Waals surface area (Å²) in [7, 11) is 0. The molecule has 1 amide bonds. The summed E-state index contributed by atoms with van der Waals surface area (Å²) in [5, 5.41) is 3.88. The summed E-state index contributed by atoms with van der Waals surface area (Å²) >= 11 is 3.38. The number of carbonyl (C=O) groups excluding carboxylic acids is 1. The van der Waals surface area contributed by atoms with Crippen molar-refractivity contribution in [2.75, 3.05) is 5.33 Å². The van der Waals surface area contributed by atoms with Crippen molar-refractivity contribution >= 4 is 21.8 Å². The van der Waals surface area contributed by atoms with E-state index in [-0.39, 0.29) is 17.4 Å². The van der Waals surface area contributed by atoms with Crippen LogP contribution in [-0.4, -0.2) is 17.3 Å². The highest BCUT2D eigenvalue weighted by Crippen LogP contribution is 2.22. The van der Waals surface area contributed by atoms with Gasteiger partial charge in [-0.05, 0) is 11.8 Å². The summed E-state index contributed by atoms with van der Waals surface area (Å²) in [5.74, 6) is 0.0517. The normalized spacial score (nSPS) is 14.1. The lowest BCUT2D eigenvalue weighted by Crippen LogP contribution is -2.42. The van der Waals surface area contributed by atoms with Gasteiger partial charge in [0, 0.05) is 18.3 Å². The van der Waals surface area contributed by atoms with E-state index < -0.39 is 0 Å². The molecule has 0 aromatic carbocycles. The van der Waals surface area contributed by atoms with Crippen molar-refractivity contribution in [2.24, 2.45) is 5.41 Å². The van der Waals surface area contributed by atoms with Crippen LogP contribution in [0.4, 0.5) is 0 Å².